The van der Waals surface area contributed by atoms with Gasteiger partial charge in [-0.15, -0.1) is 0 Å². The molecule has 8 rings (SSSR count). The second-order valence-electron chi connectivity index (χ2n) is 12.8. The molecule has 0 N–H and O–H groups in total. The maximum Gasteiger partial charge on any atom is 0.159 e. The summed E-state index contributed by atoms with van der Waals surface area (Å²) in [4.78, 5) is 2.36. The Balaban J connectivity index is 0.000000656. The van der Waals surface area contributed by atoms with Crippen molar-refractivity contribution in [3.05, 3.63) is 150 Å². The normalized spacial score (nSPS) is 12.8. The Morgan fingerprint density at radius 1 is 0.617 bits per heavy atom. The Hall–Kier alpha value is -4.73. The van der Waals surface area contributed by atoms with Crippen molar-refractivity contribution >= 4 is 50.8 Å². The largest absolute Gasteiger partial charge is 0.454 e. The Morgan fingerprint density at radius 3 is 1.98 bits per heavy atom. The standard InChI is InChI=1S/C40H31NO.C4H10S/c1-26-11-9-15-33-34-16-10-18-37(39(34)42-38(26)33)41(29-21-19-28(20-22-29)27-12-5-4-6-13-27)30-23-24-32-31-14-7-8-17-35(31)40(2,3)36(32)25-30;1-3-4-5-2/h4-25H,1-3H3;3-4H2,1-2H3. The third kappa shape index (κ3) is 5.53. The summed E-state index contributed by atoms with van der Waals surface area (Å²) >= 11 is 1.90. The molecule has 0 saturated carbocycles. The Kier molecular flexibility index (Phi) is 8.42. The van der Waals surface area contributed by atoms with Gasteiger partial charge in [-0.2, -0.15) is 11.8 Å². The number of benzene rings is 6. The summed E-state index contributed by atoms with van der Waals surface area (Å²) in [7, 11) is 0. The number of para-hydroxylation sites is 2. The molecule has 1 aliphatic rings. The van der Waals surface area contributed by atoms with Gasteiger partial charge >= 0.3 is 0 Å². The monoisotopic (exact) mass is 631 g/mol. The molecule has 0 amide bonds. The summed E-state index contributed by atoms with van der Waals surface area (Å²) in [6.45, 7) is 8.98. The molecule has 47 heavy (non-hydrogen) atoms. The number of aryl methyl sites for hydroxylation is 1. The van der Waals surface area contributed by atoms with Crippen LogP contribution in [-0.4, -0.2) is 12.0 Å². The van der Waals surface area contributed by atoms with Crippen molar-refractivity contribution in [1.29, 1.82) is 0 Å². The number of hydrogen-bond donors (Lipinski definition) is 0. The van der Waals surface area contributed by atoms with E-state index >= 15 is 0 Å². The second kappa shape index (κ2) is 12.8. The van der Waals surface area contributed by atoms with Crippen molar-refractivity contribution in [3.8, 4) is 22.3 Å². The van der Waals surface area contributed by atoms with Crippen molar-refractivity contribution in [3.63, 3.8) is 0 Å². The number of hydrogen-bond acceptors (Lipinski definition) is 3. The average molecular weight is 632 g/mol. The van der Waals surface area contributed by atoms with E-state index in [2.05, 4.69) is 172 Å². The highest BCUT2D eigenvalue weighted by Gasteiger charge is 2.36. The lowest BCUT2D eigenvalue weighted by Gasteiger charge is -2.28. The van der Waals surface area contributed by atoms with Gasteiger partial charge in [0, 0.05) is 27.6 Å². The Bertz CT molecular complexity index is 2170. The molecule has 1 heterocycles. The molecule has 6 aromatic carbocycles. The predicted octanol–water partition coefficient (Wildman–Crippen LogP) is 13.1. The maximum atomic E-state index is 6.67. The van der Waals surface area contributed by atoms with Gasteiger partial charge < -0.3 is 9.32 Å². The topological polar surface area (TPSA) is 16.4 Å². The zero-order valence-electron chi connectivity index (χ0n) is 27.9. The van der Waals surface area contributed by atoms with Crippen molar-refractivity contribution in [2.45, 2.75) is 39.5 Å². The van der Waals surface area contributed by atoms with Gasteiger partial charge in [0.2, 0.25) is 0 Å². The summed E-state index contributed by atoms with van der Waals surface area (Å²) < 4.78 is 6.67. The fraction of sp³-hybridized carbons (Fsp3) is 0.182. The Labute approximate surface area is 283 Å². The van der Waals surface area contributed by atoms with Gasteiger partial charge in [0.1, 0.15) is 5.58 Å². The number of furan rings is 1. The van der Waals surface area contributed by atoms with Crippen molar-refractivity contribution < 1.29 is 4.42 Å². The molecule has 3 heteroatoms. The van der Waals surface area contributed by atoms with E-state index in [0.717, 1.165) is 44.6 Å². The van der Waals surface area contributed by atoms with E-state index in [1.807, 2.05) is 11.8 Å². The molecule has 7 aromatic rings. The molecule has 0 unspecified atom stereocenters. The summed E-state index contributed by atoms with van der Waals surface area (Å²) in [6, 6.07) is 48.1. The van der Waals surface area contributed by atoms with E-state index < -0.39 is 0 Å². The third-order valence-electron chi connectivity index (χ3n) is 9.41. The van der Waals surface area contributed by atoms with E-state index in [4.69, 9.17) is 4.42 Å². The van der Waals surface area contributed by atoms with E-state index in [1.54, 1.807) is 0 Å². The van der Waals surface area contributed by atoms with Gasteiger partial charge in [-0.1, -0.05) is 124 Å². The summed E-state index contributed by atoms with van der Waals surface area (Å²) in [5, 5.41) is 2.28. The molecule has 0 fully saturated rings. The van der Waals surface area contributed by atoms with Crippen molar-refractivity contribution in [2.24, 2.45) is 0 Å². The quantitative estimate of drug-likeness (QED) is 0.182. The van der Waals surface area contributed by atoms with Crippen LogP contribution >= 0.6 is 11.8 Å². The fourth-order valence-corrected chi connectivity index (χ4v) is 7.43. The van der Waals surface area contributed by atoms with Crippen LogP contribution < -0.4 is 4.90 Å². The summed E-state index contributed by atoms with van der Waals surface area (Å²) in [6.07, 6.45) is 3.44. The minimum atomic E-state index is -0.0900. The molecular weight excluding hydrogens is 591 g/mol. The first-order chi connectivity index (χ1) is 22.9. The molecular formula is C44H41NOS. The molecule has 2 nitrogen and oxygen atoms in total. The van der Waals surface area contributed by atoms with Gasteiger partial charge in [-0.25, -0.2) is 0 Å². The molecule has 0 radical (unpaired) electrons. The maximum absolute atomic E-state index is 6.67. The smallest absolute Gasteiger partial charge is 0.159 e. The number of fused-ring (bicyclic) bond motifs is 6. The van der Waals surface area contributed by atoms with Crippen LogP contribution in [-0.2, 0) is 5.41 Å². The lowest BCUT2D eigenvalue weighted by atomic mass is 9.82. The molecule has 1 aromatic heterocycles. The number of thioether (sulfide) groups is 1. The predicted molar refractivity (Wildman–Crippen MR) is 205 cm³/mol. The first kappa shape index (κ1) is 30.9. The number of nitrogens with zero attached hydrogens (tertiary/aromatic N) is 1. The minimum absolute atomic E-state index is 0.0900. The second-order valence-corrected chi connectivity index (χ2v) is 13.8. The van der Waals surface area contributed by atoms with Crippen molar-refractivity contribution in [2.75, 3.05) is 16.9 Å². The zero-order chi connectivity index (χ0) is 32.5. The SMILES string of the molecule is CCCSC.Cc1cccc2c1oc1c(N(c3ccc(-c4ccccc4)cc3)c3ccc4c(c3)C(C)(C)c3ccccc3-4)cccc12. The van der Waals surface area contributed by atoms with Gasteiger partial charge in [-0.3, -0.25) is 0 Å². The summed E-state index contributed by atoms with van der Waals surface area (Å²) in [5.74, 6) is 1.31. The van der Waals surface area contributed by atoms with E-state index in [9.17, 15) is 0 Å². The van der Waals surface area contributed by atoms with Crippen LogP contribution in [0.1, 0.15) is 43.9 Å². The highest BCUT2D eigenvalue weighted by Crippen LogP contribution is 2.51. The molecule has 0 bridgehead atoms. The van der Waals surface area contributed by atoms with Crippen LogP contribution in [0.3, 0.4) is 0 Å². The van der Waals surface area contributed by atoms with Crippen LogP contribution in [0.25, 0.3) is 44.2 Å². The van der Waals surface area contributed by atoms with Crippen LogP contribution in [0.2, 0.25) is 0 Å². The zero-order valence-corrected chi connectivity index (χ0v) is 28.7. The van der Waals surface area contributed by atoms with Gasteiger partial charge in [-0.05, 0) is 94.6 Å². The first-order valence-corrected chi connectivity index (χ1v) is 17.9. The van der Waals surface area contributed by atoms with E-state index in [-0.39, 0.29) is 5.41 Å². The molecule has 0 aliphatic heterocycles. The summed E-state index contributed by atoms with van der Waals surface area (Å²) in [5.41, 5.74) is 13.9. The van der Waals surface area contributed by atoms with Gasteiger partial charge in [0.05, 0.1) is 5.69 Å². The van der Waals surface area contributed by atoms with Crippen LogP contribution in [0.4, 0.5) is 17.1 Å². The number of anilines is 3. The van der Waals surface area contributed by atoms with E-state index in [1.165, 1.54) is 45.6 Å². The van der Waals surface area contributed by atoms with Gasteiger partial charge in [0.25, 0.3) is 0 Å². The van der Waals surface area contributed by atoms with Crippen LogP contribution in [0.15, 0.2) is 138 Å². The fourth-order valence-electron chi connectivity index (χ4n) is 7.02. The highest BCUT2D eigenvalue weighted by molar-refractivity contribution is 7.98. The molecule has 0 atom stereocenters. The lowest BCUT2D eigenvalue weighted by molar-refractivity contribution is 0.660. The molecule has 234 valence electrons. The third-order valence-corrected chi connectivity index (χ3v) is 10.2. The Morgan fingerprint density at radius 2 is 1.26 bits per heavy atom. The molecule has 0 saturated heterocycles. The average Bonchev–Trinajstić information content (AvgIpc) is 3.60. The van der Waals surface area contributed by atoms with Crippen LogP contribution in [0, 0.1) is 6.92 Å². The number of rotatable bonds is 6. The molecule has 1 aliphatic carbocycles. The van der Waals surface area contributed by atoms with Crippen LogP contribution in [0.5, 0.6) is 0 Å². The minimum Gasteiger partial charge on any atom is -0.454 e. The van der Waals surface area contributed by atoms with E-state index in [0.29, 0.717) is 0 Å². The van der Waals surface area contributed by atoms with Crippen molar-refractivity contribution in [1.82, 2.24) is 0 Å². The first-order valence-electron chi connectivity index (χ1n) is 16.5. The lowest BCUT2D eigenvalue weighted by Crippen LogP contribution is -2.16. The highest BCUT2D eigenvalue weighted by atomic mass is 32.2. The van der Waals surface area contributed by atoms with Gasteiger partial charge in [0.15, 0.2) is 5.58 Å². The molecule has 0 spiro atoms.